The van der Waals surface area contributed by atoms with Crippen molar-refractivity contribution in [3.8, 4) is 11.4 Å². The predicted molar refractivity (Wildman–Crippen MR) is 75.7 cm³/mol. The molecule has 4 heteroatoms. The highest BCUT2D eigenvalue weighted by atomic mass is 79.9. The quantitative estimate of drug-likeness (QED) is 0.718. The first-order valence-electron chi connectivity index (χ1n) is 5.78. The third-order valence-corrected chi connectivity index (χ3v) is 3.74. The van der Waals surface area contributed by atoms with Crippen molar-refractivity contribution in [3.63, 3.8) is 0 Å². The summed E-state index contributed by atoms with van der Waals surface area (Å²) >= 11 is 3.46. The van der Waals surface area contributed by atoms with E-state index in [9.17, 15) is 0 Å². The first-order valence-corrected chi connectivity index (χ1v) is 6.58. The molecule has 1 N–H and O–H groups in total. The van der Waals surface area contributed by atoms with E-state index >= 15 is 0 Å². The van der Waals surface area contributed by atoms with Crippen molar-refractivity contribution in [2.24, 2.45) is 0 Å². The van der Waals surface area contributed by atoms with Crippen LogP contribution in [0.15, 0.2) is 27.1 Å². The maximum Gasteiger partial charge on any atom is 0.142 e. The molecule has 0 fully saturated rings. The summed E-state index contributed by atoms with van der Waals surface area (Å²) in [7, 11) is 0. The van der Waals surface area contributed by atoms with Crippen LogP contribution in [0.25, 0.3) is 22.4 Å². The van der Waals surface area contributed by atoms with Gasteiger partial charge in [-0.2, -0.15) is 0 Å². The number of furan rings is 1. The minimum absolute atomic E-state index is 0.870. The fraction of sp³-hybridized carbons (Fsp3) is 0.214. The SMILES string of the molecule is Cc1oc(C)c(-c2nc3ccc(Br)cc3[nH]2)c1C. The lowest BCUT2D eigenvalue weighted by molar-refractivity contribution is 0.503. The van der Waals surface area contributed by atoms with E-state index < -0.39 is 0 Å². The highest BCUT2D eigenvalue weighted by Crippen LogP contribution is 2.31. The Morgan fingerprint density at radius 3 is 2.61 bits per heavy atom. The average Bonchev–Trinajstić information content (AvgIpc) is 2.80. The van der Waals surface area contributed by atoms with Crippen LogP contribution in [0.5, 0.6) is 0 Å². The number of H-pyrrole nitrogens is 1. The van der Waals surface area contributed by atoms with Crippen LogP contribution in [0, 0.1) is 20.8 Å². The van der Waals surface area contributed by atoms with E-state index in [1.807, 2.05) is 32.0 Å². The monoisotopic (exact) mass is 304 g/mol. The van der Waals surface area contributed by atoms with Gasteiger partial charge in [-0.25, -0.2) is 4.98 Å². The van der Waals surface area contributed by atoms with E-state index in [0.29, 0.717) is 0 Å². The lowest BCUT2D eigenvalue weighted by atomic mass is 10.1. The summed E-state index contributed by atoms with van der Waals surface area (Å²) in [5, 5.41) is 0. The molecule has 0 aliphatic carbocycles. The summed E-state index contributed by atoms with van der Waals surface area (Å²) in [6, 6.07) is 6.02. The van der Waals surface area contributed by atoms with E-state index in [0.717, 1.165) is 44.0 Å². The van der Waals surface area contributed by atoms with Gasteiger partial charge < -0.3 is 9.40 Å². The Labute approximate surface area is 113 Å². The zero-order valence-corrected chi connectivity index (χ0v) is 12.1. The van der Waals surface area contributed by atoms with Gasteiger partial charge in [0.25, 0.3) is 0 Å². The van der Waals surface area contributed by atoms with Gasteiger partial charge in [-0.1, -0.05) is 15.9 Å². The molecule has 18 heavy (non-hydrogen) atoms. The summed E-state index contributed by atoms with van der Waals surface area (Å²) in [4.78, 5) is 7.97. The van der Waals surface area contributed by atoms with Gasteiger partial charge >= 0.3 is 0 Å². The van der Waals surface area contributed by atoms with Crippen molar-refractivity contribution in [2.45, 2.75) is 20.8 Å². The first kappa shape index (κ1) is 11.5. The van der Waals surface area contributed by atoms with E-state index in [1.54, 1.807) is 0 Å². The van der Waals surface area contributed by atoms with Gasteiger partial charge in [-0.05, 0) is 39.0 Å². The molecule has 0 bridgehead atoms. The second-order valence-corrected chi connectivity index (χ2v) is 5.38. The maximum absolute atomic E-state index is 5.65. The average molecular weight is 305 g/mol. The predicted octanol–water partition coefficient (Wildman–Crippen LogP) is 4.51. The summed E-state index contributed by atoms with van der Waals surface area (Å²) in [6.45, 7) is 6.01. The number of hydrogen-bond acceptors (Lipinski definition) is 2. The number of halogens is 1. The maximum atomic E-state index is 5.65. The lowest BCUT2D eigenvalue weighted by Crippen LogP contribution is -1.83. The number of imidazole rings is 1. The smallest absolute Gasteiger partial charge is 0.142 e. The Hall–Kier alpha value is -1.55. The Kier molecular flexibility index (Phi) is 2.55. The van der Waals surface area contributed by atoms with Gasteiger partial charge in [-0.15, -0.1) is 0 Å². The number of aromatic nitrogens is 2. The third-order valence-electron chi connectivity index (χ3n) is 3.24. The molecule has 0 aliphatic rings. The highest BCUT2D eigenvalue weighted by Gasteiger charge is 2.16. The van der Waals surface area contributed by atoms with Crippen molar-refractivity contribution < 1.29 is 4.42 Å². The van der Waals surface area contributed by atoms with Gasteiger partial charge in [0.15, 0.2) is 0 Å². The van der Waals surface area contributed by atoms with Crippen LogP contribution >= 0.6 is 15.9 Å². The topological polar surface area (TPSA) is 41.8 Å². The molecule has 0 aliphatic heterocycles. The van der Waals surface area contributed by atoms with Gasteiger partial charge in [0.2, 0.25) is 0 Å². The molecular formula is C14H13BrN2O. The Morgan fingerprint density at radius 1 is 1.17 bits per heavy atom. The van der Waals surface area contributed by atoms with Crippen LogP contribution in [0.2, 0.25) is 0 Å². The van der Waals surface area contributed by atoms with E-state index in [4.69, 9.17) is 4.42 Å². The van der Waals surface area contributed by atoms with Crippen molar-refractivity contribution in [2.75, 3.05) is 0 Å². The molecule has 1 aromatic carbocycles. The van der Waals surface area contributed by atoms with Crippen molar-refractivity contribution >= 4 is 27.0 Å². The van der Waals surface area contributed by atoms with E-state index in [1.165, 1.54) is 0 Å². The van der Waals surface area contributed by atoms with Gasteiger partial charge in [0.05, 0.1) is 16.6 Å². The van der Waals surface area contributed by atoms with Gasteiger partial charge in [-0.3, -0.25) is 0 Å². The molecule has 0 atom stereocenters. The van der Waals surface area contributed by atoms with Gasteiger partial charge in [0, 0.05) is 10.0 Å². The zero-order chi connectivity index (χ0) is 12.9. The van der Waals surface area contributed by atoms with Crippen LogP contribution in [0.3, 0.4) is 0 Å². The fourth-order valence-corrected chi connectivity index (χ4v) is 2.60. The number of hydrogen-bond donors (Lipinski definition) is 1. The summed E-state index contributed by atoms with van der Waals surface area (Å²) in [5.74, 6) is 2.72. The minimum atomic E-state index is 0.870. The molecule has 3 aromatic rings. The molecule has 0 saturated carbocycles. The number of nitrogens with zero attached hydrogens (tertiary/aromatic N) is 1. The van der Waals surface area contributed by atoms with Crippen molar-refractivity contribution in [1.82, 2.24) is 9.97 Å². The Morgan fingerprint density at radius 2 is 1.94 bits per heavy atom. The molecule has 2 heterocycles. The number of aromatic amines is 1. The molecule has 0 unspecified atom stereocenters. The minimum Gasteiger partial charge on any atom is -0.466 e. The molecule has 3 nitrogen and oxygen atoms in total. The third kappa shape index (κ3) is 1.68. The van der Waals surface area contributed by atoms with Crippen LogP contribution < -0.4 is 0 Å². The van der Waals surface area contributed by atoms with E-state index in [2.05, 4.69) is 32.8 Å². The Bertz CT molecular complexity index is 740. The molecule has 0 amide bonds. The van der Waals surface area contributed by atoms with E-state index in [-0.39, 0.29) is 0 Å². The van der Waals surface area contributed by atoms with Crippen LogP contribution in [0.4, 0.5) is 0 Å². The largest absolute Gasteiger partial charge is 0.466 e. The number of aryl methyl sites for hydroxylation is 2. The summed E-state index contributed by atoms with van der Waals surface area (Å²) in [6.07, 6.45) is 0. The highest BCUT2D eigenvalue weighted by molar-refractivity contribution is 9.10. The summed E-state index contributed by atoms with van der Waals surface area (Å²) < 4.78 is 6.69. The van der Waals surface area contributed by atoms with Crippen LogP contribution in [-0.4, -0.2) is 9.97 Å². The normalized spacial score (nSPS) is 11.3. The van der Waals surface area contributed by atoms with Gasteiger partial charge in [0.1, 0.15) is 17.3 Å². The number of nitrogens with one attached hydrogen (secondary N) is 1. The molecule has 2 aromatic heterocycles. The van der Waals surface area contributed by atoms with Crippen molar-refractivity contribution in [1.29, 1.82) is 0 Å². The number of rotatable bonds is 1. The fourth-order valence-electron chi connectivity index (χ4n) is 2.24. The molecule has 0 radical (unpaired) electrons. The lowest BCUT2D eigenvalue weighted by Gasteiger charge is -1.95. The second kappa shape index (κ2) is 3.99. The van der Waals surface area contributed by atoms with Crippen LogP contribution in [0.1, 0.15) is 17.1 Å². The molecular weight excluding hydrogens is 292 g/mol. The number of fused-ring (bicyclic) bond motifs is 1. The first-order chi connectivity index (χ1) is 8.56. The summed E-state index contributed by atoms with van der Waals surface area (Å²) in [5.41, 5.74) is 4.20. The molecule has 92 valence electrons. The zero-order valence-electron chi connectivity index (χ0n) is 10.5. The molecule has 0 saturated heterocycles. The van der Waals surface area contributed by atoms with Crippen LogP contribution in [-0.2, 0) is 0 Å². The second-order valence-electron chi connectivity index (χ2n) is 4.46. The number of benzene rings is 1. The molecule has 0 spiro atoms. The Balaban J connectivity index is 2.25. The molecule has 3 rings (SSSR count). The standard InChI is InChI=1S/C14H13BrN2O/c1-7-8(2)18-9(3)13(7)14-16-11-5-4-10(15)6-12(11)17-14/h4-6H,1-3H3,(H,16,17). The van der Waals surface area contributed by atoms with Crippen molar-refractivity contribution in [3.05, 3.63) is 39.8 Å².